The zero-order valence-corrected chi connectivity index (χ0v) is 8.49. The topological polar surface area (TPSA) is 60.2 Å². The first-order valence-electron chi connectivity index (χ1n) is 4.30. The minimum Gasteiger partial charge on any atom is -0.303 e. The van der Waals surface area contributed by atoms with Gasteiger partial charge in [-0.25, -0.2) is 0 Å². The lowest BCUT2D eigenvalue weighted by atomic mass is 10.1. The number of fused-ring (bicyclic) bond motifs is 1. The molecule has 0 bridgehead atoms. The number of thiophene rings is 1. The summed E-state index contributed by atoms with van der Waals surface area (Å²) in [6, 6.07) is 5.06. The Balaban J connectivity index is 2.67. The second-order valence-corrected chi connectivity index (χ2v) is 4.01. The Kier molecular flexibility index (Phi) is 2.47. The molecule has 0 aliphatic heterocycles. The van der Waals surface area contributed by atoms with E-state index >= 15 is 0 Å². The molecule has 4 nitrogen and oxygen atoms in total. The van der Waals surface area contributed by atoms with Crippen molar-refractivity contribution in [3.63, 3.8) is 0 Å². The van der Waals surface area contributed by atoms with Gasteiger partial charge in [0.15, 0.2) is 0 Å². The Morgan fingerprint density at radius 3 is 2.93 bits per heavy atom. The third-order valence-electron chi connectivity index (χ3n) is 2.15. The van der Waals surface area contributed by atoms with E-state index in [1.54, 1.807) is 6.07 Å². The number of nitro benzene ring substituents is 1. The van der Waals surface area contributed by atoms with Crippen LogP contribution in [0.5, 0.6) is 0 Å². The van der Waals surface area contributed by atoms with E-state index in [-0.39, 0.29) is 12.1 Å². The molecule has 0 saturated heterocycles. The summed E-state index contributed by atoms with van der Waals surface area (Å²) >= 11 is 1.51. The number of nitro groups is 1. The molecule has 2 rings (SSSR count). The van der Waals surface area contributed by atoms with Gasteiger partial charge in [0.05, 0.1) is 4.92 Å². The van der Waals surface area contributed by atoms with Crippen molar-refractivity contribution in [3.8, 4) is 0 Å². The number of benzene rings is 1. The molecule has 0 spiro atoms. The van der Waals surface area contributed by atoms with Crippen molar-refractivity contribution in [2.24, 2.45) is 0 Å². The van der Waals surface area contributed by atoms with Gasteiger partial charge in [0.1, 0.15) is 6.29 Å². The molecule has 0 amide bonds. The second-order valence-electron chi connectivity index (χ2n) is 3.07. The molecule has 0 N–H and O–H groups in total. The van der Waals surface area contributed by atoms with Crippen LogP contribution in [-0.2, 0) is 11.2 Å². The molecule has 0 aliphatic rings. The molecule has 76 valence electrons. The van der Waals surface area contributed by atoms with Gasteiger partial charge < -0.3 is 4.79 Å². The molecule has 0 atom stereocenters. The SMILES string of the molecule is O=CCc1cc2sccc2cc1[N+](=O)[O-]. The van der Waals surface area contributed by atoms with Crippen molar-refractivity contribution in [1.29, 1.82) is 0 Å². The first-order valence-corrected chi connectivity index (χ1v) is 5.18. The van der Waals surface area contributed by atoms with Gasteiger partial charge in [-0.3, -0.25) is 10.1 Å². The van der Waals surface area contributed by atoms with Gasteiger partial charge in [0, 0.05) is 22.8 Å². The third kappa shape index (κ3) is 1.73. The molecule has 15 heavy (non-hydrogen) atoms. The lowest BCUT2D eigenvalue weighted by Gasteiger charge is -1.99. The highest BCUT2D eigenvalue weighted by Gasteiger charge is 2.14. The Morgan fingerprint density at radius 1 is 1.47 bits per heavy atom. The van der Waals surface area contributed by atoms with Crippen molar-refractivity contribution in [2.75, 3.05) is 0 Å². The van der Waals surface area contributed by atoms with Gasteiger partial charge >= 0.3 is 0 Å². The zero-order chi connectivity index (χ0) is 10.8. The highest BCUT2D eigenvalue weighted by Crippen LogP contribution is 2.29. The van der Waals surface area contributed by atoms with E-state index in [4.69, 9.17) is 0 Å². The summed E-state index contributed by atoms with van der Waals surface area (Å²) in [6.45, 7) is 0. The maximum atomic E-state index is 10.8. The van der Waals surface area contributed by atoms with E-state index in [1.165, 1.54) is 17.4 Å². The van der Waals surface area contributed by atoms with E-state index in [1.807, 2.05) is 11.4 Å². The summed E-state index contributed by atoms with van der Waals surface area (Å²) in [5.41, 5.74) is 0.498. The maximum Gasteiger partial charge on any atom is 0.273 e. The summed E-state index contributed by atoms with van der Waals surface area (Å²) in [5, 5.41) is 13.5. The van der Waals surface area contributed by atoms with Crippen molar-refractivity contribution in [2.45, 2.75) is 6.42 Å². The number of rotatable bonds is 3. The van der Waals surface area contributed by atoms with Crippen LogP contribution in [0.1, 0.15) is 5.56 Å². The first kappa shape index (κ1) is 9.79. The molecule has 1 heterocycles. The standard InChI is InChI=1S/C10H7NO3S/c12-3-1-7-6-10-8(2-4-15-10)5-9(7)11(13)14/h2-6H,1H2. The first-order chi connectivity index (χ1) is 7.22. The van der Waals surface area contributed by atoms with Crippen LogP contribution in [-0.4, -0.2) is 11.2 Å². The van der Waals surface area contributed by atoms with Gasteiger partial charge in [-0.05, 0) is 22.9 Å². The molecular formula is C10H7NO3S. The molecule has 0 unspecified atom stereocenters. The van der Waals surface area contributed by atoms with Crippen LogP contribution in [0, 0.1) is 10.1 Å². The molecule has 0 saturated carbocycles. The molecule has 0 fully saturated rings. The van der Waals surface area contributed by atoms with Gasteiger partial charge in [-0.1, -0.05) is 0 Å². The molecule has 2 aromatic rings. The van der Waals surface area contributed by atoms with Crippen molar-refractivity contribution < 1.29 is 9.72 Å². The third-order valence-corrected chi connectivity index (χ3v) is 3.03. The van der Waals surface area contributed by atoms with Gasteiger partial charge in [0.25, 0.3) is 5.69 Å². The zero-order valence-electron chi connectivity index (χ0n) is 7.67. The van der Waals surface area contributed by atoms with Gasteiger partial charge in [0.2, 0.25) is 0 Å². The fraction of sp³-hybridized carbons (Fsp3) is 0.100. The lowest BCUT2D eigenvalue weighted by molar-refractivity contribution is -0.385. The molecular weight excluding hydrogens is 214 g/mol. The smallest absolute Gasteiger partial charge is 0.273 e. The molecule has 0 radical (unpaired) electrons. The van der Waals surface area contributed by atoms with E-state index in [0.717, 1.165) is 10.1 Å². The Bertz CT molecular complexity index is 532. The number of hydrogen-bond acceptors (Lipinski definition) is 4. The summed E-state index contributed by atoms with van der Waals surface area (Å²) in [6.07, 6.45) is 0.770. The number of carbonyl (C=O) groups is 1. The predicted octanol–water partition coefficient (Wildman–Crippen LogP) is 2.55. The molecule has 5 heteroatoms. The predicted molar refractivity (Wildman–Crippen MR) is 58.2 cm³/mol. The van der Waals surface area contributed by atoms with E-state index in [2.05, 4.69) is 0 Å². The highest BCUT2D eigenvalue weighted by atomic mass is 32.1. The summed E-state index contributed by atoms with van der Waals surface area (Å²) < 4.78 is 0.970. The largest absolute Gasteiger partial charge is 0.303 e. The molecule has 1 aromatic carbocycles. The monoisotopic (exact) mass is 221 g/mol. The van der Waals surface area contributed by atoms with Crippen molar-refractivity contribution >= 4 is 33.4 Å². The Morgan fingerprint density at radius 2 is 2.27 bits per heavy atom. The number of nitrogens with zero attached hydrogens (tertiary/aromatic N) is 1. The van der Waals surface area contributed by atoms with Crippen LogP contribution < -0.4 is 0 Å². The van der Waals surface area contributed by atoms with Crippen molar-refractivity contribution in [1.82, 2.24) is 0 Å². The summed E-state index contributed by atoms with van der Waals surface area (Å²) in [7, 11) is 0. The minimum atomic E-state index is -0.448. The average molecular weight is 221 g/mol. The average Bonchev–Trinajstić information content (AvgIpc) is 2.63. The van der Waals surface area contributed by atoms with Gasteiger partial charge in [-0.15, -0.1) is 11.3 Å². The van der Waals surface area contributed by atoms with Crippen molar-refractivity contribution in [3.05, 3.63) is 39.3 Å². The Labute approximate surface area is 89.3 Å². The van der Waals surface area contributed by atoms with E-state index < -0.39 is 4.92 Å². The fourth-order valence-corrected chi connectivity index (χ4v) is 2.30. The van der Waals surface area contributed by atoms with Crippen LogP contribution in [0.3, 0.4) is 0 Å². The number of hydrogen-bond donors (Lipinski definition) is 0. The van der Waals surface area contributed by atoms with Crippen LogP contribution in [0.15, 0.2) is 23.6 Å². The quantitative estimate of drug-likeness (QED) is 0.454. The van der Waals surface area contributed by atoms with E-state index in [9.17, 15) is 14.9 Å². The number of carbonyl (C=O) groups excluding carboxylic acids is 1. The summed E-state index contributed by atoms with van der Waals surface area (Å²) in [4.78, 5) is 20.7. The Hall–Kier alpha value is -1.75. The van der Waals surface area contributed by atoms with Crippen LogP contribution in [0.2, 0.25) is 0 Å². The molecule has 1 aromatic heterocycles. The van der Waals surface area contributed by atoms with Crippen LogP contribution in [0.25, 0.3) is 10.1 Å². The number of aldehydes is 1. The van der Waals surface area contributed by atoms with Crippen LogP contribution in [0.4, 0.5) is 5.69 Å². The fourth-order valence-electron chi connectivity index (χ4n) is 1.46. The summed E-state index contributed by atoms with van der Waals surface area (Å²) in [5.74, 6) is 0. The normalized spacial score (nSPS) is 10.4. The van der Waals surface area contributed by atoms with E-state index in [0.29, 0.717) is 11.8 Å². The lowest BCUT2D eigenvalue weighted by Crippen LogP contribution is -1.95. The second kappa shape index (κ2) is 3.78. The minimum absolute atomic E-state index is 0.0213. The maximum absolute atomic E-state index is 10.8. The van der Waals surface area contributed by atoms with Gasteiger partial charge in [-0.2, -0.15) is 0 Å². The molecule has 0 aliphatic carbocycles. The van der Waals surface area contributed by atoms with Crippen LogP contribution >= 0.6 is 11.3 Å². The highest BCUT2D eigenvalue weighted by molar-refractivity contribution is 7.17.